The number of halogens is 1. The predicted octanol–water partition coefficient (Wildman–Crippen LogP) is 2.61. The molecule has 0 bridgehead atoms. The highest BCUT2D eigenvalue weighted by atomic mass is 35.5. The maximum atomic E-state index is 12.0. The number of pyridine rings is 1. The van der Waals surface area contributed by atoms with Gasteiger partial charge in [0, 0.05) is 12.7 Å². The molecule has 0 aliphatic heterocycles. The molecule has 24 heavy (non-hydrogen) atoms. The Hall–Kier alpha value is -2.60. The van der Waals surface area contributed by atoms with Crippen LogP contribution in [-0.2, 0) is 16.1 Å². The molecule has 0 radical (unpaired) electrons. The van der Waals surface area contributed by atoms with Gasteiger partial charge < -0.3 is 14.8 Å². The van der Waals surface area contributed by atoms with Crippen LogP contribution in [0.15, 0.2) is 42.6 Å². The first-order valence-electron chi connectivity index (χ1n) is 7.23. The Balaban J connectivity index is 1.87. The van der Waals surface area contributed by atoms with Crippen molar-refractivity contribution in [2.24, 2.45) is 0 Å². The highest BCUT2D eigenvalue weighted by Gasteiger charge is 2.20. The quantitative estimate of drug-likeness (QED) is 0.641. The van der Waals surface area contributed by atoms with Gasteiger partial charge in [-0.1, -0.05) is 23.7 Å². The van der Waals surface area contributed by atoms with E-state index in [0.717, 1.165) is 11.3 Å². The second kappa shape index (κ2) is 8.31. The lowest BCUT2D eigenvalue weighted by Crippen LogP contribution is -2.35. The fourth-order valence-electron chi connectivity index (χ4n) is 1.89. The molecule has 2 rings (SSSR count). The number of hydrogen-bond acceptors (Lipinski definition) is 5. The van der Waals surface area contributed by atoms with Crippen LogP contribution in [0.3, 0.4) is 0 Å². The number of rotatable bonds is 6. The van der Waals surface area contributed by atoms with Crippen LogP contribution in [0.25, 0.3) is 0 Å². The molecule has 0 saturated heterocycles. The van der Waals surface area contributed by atoms with Crippen molar-refractivity contribution in [1.29, 1.82) is 0 Å². The van der Waals surface area contributed by atoms with Gasteiger partial charge in [-0.3, -0.25) is 4.79 Å². The Morgan fingerprint density at radius 1 is 1.25 bits per heavy atom. The van der Waals surface area contributed by atoms with Gasteiger partial charge in [-0.15, -0.1) is 0 Å². The summed E-state index contributed by atoms with van der Waals surface area (Å²) in [6.07, 6.45) is 0.511. The fourth-order valence-corrected chi connectivity index (χ4v) is 2.09. The second-order valence-electron chi connectivity index (χ2n) is 4.96. The Bertz CT molecular complexity index is 719. The molecule has 1 heterocycles. The summed E-state index contributed by atoms with van der Waals surface area (Å²) in [5.74, 6) is -0.361. The van der Waals surface area contributed by atoms with Crippen molar-refractivity contribution >= 4 is 23.5 Å². The Kier molecular flexibility index (Phi) is 6.14. The number of aromatic nitrogens is 1. The molecule has 1 aromatic heterocycles. The summed E-state index contributed by atoms with van der Waals surface area (Å²) < 4.78 is 10.2. The summed E-state index contributed by atoms with van der Waals surface area (Å²) in [5.41, 5.74) is 1.02. The zero-order valence-electron chi connectivity index (χ0n) is 13.3. The van der Waals surface area contributed by atoms with E-state index < -0.39 is 18.0 Å². The first-order valence-corrected chi connectivity index (χ1v) is 7.61. The highest BCUT2D eigenvalue weighted by molar-refractivity contribution is 6.32. The van der Waals surface area contributed by atoms with Gasteiger partial charge in [-0.2, -0.15) is 0 Å². The second-order valence-corrected chi connectivity index (χ2v) is 5.31. The molecule has 0 spiro atoms. The molecule has 1 N–H and O–H groups in total. The molecule has 126 valence electrons. The lowest BCUT2D eigenvalue weighted by atomic mass is 10.2. The summed E-state index contributed by atoms with van der Waals surface area (Å²) in [6.45, 7) is 1.81. The number of esters is 1. The minimum absolute atomic E-state index is 0.0355. The van der Waals surface area contributed by atoms with E-state index in [2.05, 4.69) is 10.3 Å². The van der Waals surface area contributed by atoms with Crippen molar-refractivity contribution in [3.8, 4) is 5.75 Å². The number of carbonyl (C=O) groups is 2. The third-order valence-electron chi connectivity index (χ3n) is 3.26. The van der Waals surface area contributed by atoms with E-state index >= 15 is 0 Å². The topological polar surface area (TPSA) is 77.5 Å². The van der Waals surface area contributed by atoms with E-state index in [0.29, 0.717) is 6.54 Å². The Morgan fingerprint density at radius 3 is 2.58 bits per heavy atom. The Morgan fingerprint density at radius 2 is 1.96 bits per heavy atom. The summed E-state index contributed by atoms with van der Waals surface area (Å²) in [6, 6.07) is 10.3. The van der Waals surface area contributed by atoms with Crippen molar-refractivity contribution in [2.45, 2.75) is 19.6 Å². The molecule has 2 aromatic rings. The number of amides is 1. The maximum Gasteiger partial charge on any atom is 0.342 e. The maximum absolute atomic E-state index is 12.0. The molecule has 6 nitrogen and oxygen atoms in total. The Labute approximate surface area is 144 Å². The average molecular weight is 349 g/mol. The monoisotopic (exact) mass is 348 g/mol. The number of nitrogens with one attached hydrogen (secondary N) is 1. The number of ether oxygens (including phenoxy) is 2. The molecule has 0 unspecified atom stereocenters. The van der Waals surface area contributed by atoms with Gasteiger partial charge in [-0.05, 0) is 36.8 Å². The van der Waals surface area contributed by atoms with E-state index in [1.165, 1.54) is 19.2 Å². The third kappa shape index (κ3) is 4.70. The van der Waals surface area contributed by atoms with Gasteiger partial charge in [0.1, 0.15) is 10.9 Å². The van der Waals surface area contributed by atoms with E-state index in [1.54, 1.807) is 25.3 Å². The van der Waals surface area contributed by atoms with Crippen LogP contribution in [0, 0.1) is 0 Å². The first-order chi connectivity index (χ1) is 11.5. The van der Waals surface area contributed by atoms with Crippen molar-refractivity contribution < 1.29 is 19.1 Å². The van der Waals surface area contributed by atoms with Crippen LogP contribution in [0.4, 0.5) is 0 Å². The summed E-state index contributed by atoms with van der Waals surface area (Å²) in [4.78, 5) is 27.8. The fraction of sp³-hybridized carbons (Fsp3) is 0.235. The molecule has 0 aliphatic carbocycles. The van der Waals surface area contributed by atoms with Crippen LogP contribution in [0.2, 0.25) is 5.15 Å². The molecule has 1 aromatic carbocycles. The average Bonchev–Trinajstić information content (AvgIpc) is 2.60. The number of hydrogen-bond donors (Lipinski definition) is 1. The predicted molar refractivity (Wildman–Crippen MR) is 89.0 cm³/mol. The summed E-state index contributed by atoms with van der Waals surface area (Å²) in [7, 11) is 1.58. The van der Waals surface area contributed by atoms with E-state index in [9.17, 15) is 9.59 Å². The van der Waals surface area contributed by atoms with Crippen LogP contribution < -0.4 is 10.1 Å². The minimum atomic E-state index is -0.952. The standard InChI is InChI=1S/C17H17ClN2O4/c1-11(24-17(22)14-4-3-9-19-15(14)18)16(21)20-10-12-5-7-13(23-2)8-6-12/h3-9,11H,10H2,1-2H3,(H,20,21)/t11-/m0/s1. The smallest absolute Gasteiger partial charge is 0.342 e. The van der Waals surface area contributed by atoms with Crippen molar-refractivity contribution in [2.75, 3.05) is 7.11 Å². The van der Waals surface area contributed by atoms with Crippen LogP contribution in [0.5, 0.6) is 5.75 Å². The van der Waals surface area contributed by atoms with Gasteiger partial charge in [-0.25, -0.2) is 9.78 Å². The van der Waals surface area contributed by atoms with Gasteiger partial charge in [0.2, 0.25) is 0 Å². The van der Waals surface area contributed by atoms with E-state index in [4.69, 9.17) is 21.1 Å². The number of benzene rings is 1. The molecular weight excluding hydrogens is 332 g/mol. The van der Waals surface area contributed by atoms with Gasteiger partial charge in [0.25, 0.3) is 5.91 Å². The van der Waals surface area contributed by atoms with Crippen molar-refractivity contribution in [1.82, 2.24) is 10.3 Å². The molecule has 7 heteroatoms. The SMILES string of the molecule is COc1ccc(CNC(=O)[C@H](C)OC(=O)c2cccnc2Cl)cc1. The van der Waals surface area contributed by atoms with Gasteiger partial charge >= 0.3 is 5.97 Å². The number of nitrogens with zero attached hydrogens (tertiary/aromatic N) is 1. The molecule has 0 fully saturated rings. The normalized spacial score (nSPS) is 11.5. The molecule has 0 saturated carbocycles. The molecule has 1 atom stereocenters. The molecule has 0 aliphatic rings. The highest BCUT2D eigenvalue weighted by Crippen LogP contribution is 2.14. The van der Waals surface area contributed by atoms with Crippen LogP contribution in [-0.4, -0.2) is 30.1 Å². The minimum Gasteiger partial charge on any atom is -0.497 e. The lowest BCUT2D eigenvalue weighted by Gasteiger charge is -2.14. The van der Waals surface area contributed by atoms with Crippen molar-refractivity contribution in [3.05, 3.63) is 58.9 Å². The van der Waals surface area contributed by atoms with Gasteiger partial charge in [0.15, 0.2) is 6.10 Å². The first kappa shape index (κ1) is 17.7. The van der Waals surface area contributed by atoms with Crippen LogP contribution in [0.1, 0.15) is 22.8 Å². The van der Waals surface area contributed by atoms with Crippen molar-refractivity contribution in [3.63, 3.8) is 0 Å². The van der Waals surface area contributed by atoms with E-state index in [1.807, 2.05) is 12.1 Å². The third-order valence-corrected chi connectivity index (χ3v) is 3.56. The number of carbonyl (C=O) groups excluding carboxylic acids is 2. The van der Waals surface area contributed by atoms with E-state index in [-0.39, 0.29) is 10.7 Å². The zero-order chi connectivity index (χ0) is 17.5. The molecular formula is C17H17ClN2O4. The largest absolute Gasteiger partial charge is 0.497 e. The summed E-state index contributed by atoms with van der Waals surface area (Å²) >= 11 is 5.83. The van der Waals surface area contributed by atoms with Gasteiger partial charge in [0.05, 0.1) is 12.7 Å². The summed E-state index contributed by atoms with van der Waals surface area (Å²) in [5, 5.41) is 2.74. The molecule has 1 amide bonds. The van der Waals surface area contributed by atoms with Crippen LogP contribution >= 0.6 is 11.6 Å². The number of methoxy groups -OCH3 is 1. The lowest BCUT2D eigenvalue weighted by molar-refractivity contribution is -0.129. The zero-order valence-corrected chi connectivity index (χ0v) is 14.0.